The van der Waals surface area contributed by atoms with E-state index in [9.17, 15) is 0 Å². The van der Waals surface area contributed by atoms with Crippen LogP contribution in [0.25, 0.3) is 0 Å². The van der Waals surface area contributed by atoms with Gasteiger partial charge in [0.25, 0.3) is 0 Å². The number of hydrogen-bond acceptors (Lipinski definition) is 2. The van der Waals surface area contributed by atoms with E-state index < -0.39 is 0 Å². The fourth-order valence-electron chi connectivity index (χ4n) is 2.06. The molecule has 1 rings (SSSR count). The van der Waals surface area contributed by atoms with Gasteiger partial charge >= 0.3 is 0 Å². The van der Waals surface area contributed by atoms with Crippen molar-refractivity contribution < 1.29 is 0 Å². The largest absolute Gasteiger partial charge is 0.370 e. The molecule has 0 saturated heterocycles. The maximum atomic E-state index is 5.87. The highest BCUT2D eigenvalue weighted by Crippen LogP contribution is 2.08. The molecule has 0 amide bonds. The first-order valence-corrected chi connectivity index (χ1v) is 7.72. The molecular weight excluding hydrogens is 387 g/mol. The number of hydrogen-bond donors (Lipinski definition) is 2. The maximum Gasteiger partial charge on any atom is 0.189 e. The highest BCUT2D eigenvalue weighted by molar-refractivity contribution is 14.0. The van der Waals surface area contributed by atoms with Crippen molar-refractivity contribution in [2.45, 2.75) is 53.2 Å². The molecule has 0 bridgehead atoms. The van der Waals surface area contributed by atoms with Gasteiger partial charge in [-0.3, -0.25) is 4.90 Å². The van der Waals surface area contributed by atoms with Crippen LogP contribution in [0.1, 0.15) is 45.7 Å². The molecule has 126 valence electrons. The van der Waals surface area contributed by atoms with E-state index >= 15 is 0 Å². The Hall–Kier alpha value is -0.820. The molecule has 5 heteroatoms. The third kappa shape index (κ3) is 8.58. The van der Waals surface area contributed by atoms with Crippen LogP contribution in [0, 0.1) is 0 Å². The van der Waals surface area contributed by atoms with Gasteiger partial charge in [0, 0.05) is 12.1 Å². The van der Waals surface area contributed by atoms with Crippen LogP contribution in [0.15, 0.2) is 29.3 Å². The summed E-state index contributed by atoms with van der Waals surface area (Å²) in [6.45, 7) is 14.4. The van der Waals surface area contributed by atoms with Crippen molar-refractivity contribution in [3.05, 3.63) is 35.4 Å². The summed E-state index contributed by atoms with van der Waals surface area (Å²) in [6, 6.07) is 8.62. The zero-order chi connectivity index (χ0) is 15.9. The molecule has 22 heavy (non-hydrogen) atoms. The number of rotatable bonds is 6. The van der Waals surface area contributed by atoms with E-state index in [0.717, 1.165) is 19.6 Å². The molecule has 0 radical (unpaired) electrons. The molecule has 0 aliphatic heterocycles. The van der Waals surface area contributed by atoms with E-state index in [2.05, 4.69) is 74.1 Å². The Labute approximate surface area is 152 Å². The predicted octanol–water partition coefficient (Wildman–Crippen LogP) is 3.35. The van der Waals surface area contributed by atoms with Gasteiger partial charge in [0.05, 0.1) is 6.54 Å². The third-order valence-corrected chi connectivity index (χ3v) is 3.26. The second-order valence-corrected chi connectivity index (χ2v) is 6.35. The summed E-state index contributed by atoms with van der Waals surface area (Å²) in [5, 5.41) is 3.16. The number of nitrogens with zero attached hydrogens (tertiary/aromatic N) is 2. The highest BCUT2D eigenvalue weighted by atomic mass is 127. The number of benzene rings is 1. The molecule has 0 fully saturated rings. The van der Waals surface area contributed by atoms with Crippen LogP contribution in [0.2, 0.25) is 0 Å². The first-order valence-electron chi connectivity index (χ1n) is 7.72. The van der Waals surface area contributed by atoms with E-state index in [1.807, 2.05) is 0 Å². The quantitative estimate of drug-likeness (QED) is 0.423. The Morgan fingerprint density at radius 3 is 2.05 bits per heavy atom. The Morgan fingerprint density at radius 1 is 1.09 bits per heavy atom. The minimum atomic E-state index is -0.0544. The lowest BCUT2D eigenvalue weighted by Gasteiger charge is -2.21. The van der Waals surface area contributed by atoms with Gasteiger partial charge in [-0.1, -0.05) is 38.1 Å². The summed E-state index contributed by atoms with van der Waals surface area (Å²) in [5.74, 6) is 0.495. The monoisotopic (exact) mass is 418 g/mol. The second-order valence-electron chi connectivity index (χ2n) is 6.35. The van der Waals surface area contributed by atoms with Gasteiger partial charge in [0.15, 0.2) is 5.96 Å². The minimum Gasteiger partial charge on any atom is -0.370 e. The van der Waals surface area contributed by atoms with Gasteiger partial charge in [-0.25, -0.2) is 4.99 Å². The van der Waals surface area contributed by atoms with Crippen molar-refractivity contribution >= 4 is 29.9 Å². The zero-order valence-electron chi connectivity index (χ0n) is 14.5. The number of halogens is 1. The van der Waals surface area contributed by atoms with Gasteiger partial charge in [0.1, 0.15) is 0 Å². The van der Waals surface area contributed by atoms with Crippen LogP contribution in [0.3, 0.4) is 0 Å². The van der Waals surface area contributed by atoms with Gasteiger partial charge in [-0.2, -0.15) is 0 Å². The molecule has 0 atom stereocenters. The second kappa shape index (κ2) is 10.0. The average molecular weight is 418 g/mol. The third-order valence-electron chi connectivity index (χ3n) is 3.26. The molecule has 0 aromatic heterocycles. The minimum absolute atomic E-state index is 0. The Morgan fingerprint density at radius 2 is 1.59 bits per heavy atom. The summed E-state index contributed by atoms with van der Waals surface area (Å²) in [4.78, 5) is 6.78. The van der Waals surface area contributed by atoms with Crippen molar-refractivity contribution in [1.82, 2.24) is 10.2 Å². The van der Waals surface area contributed by atoms with Crippen LogP contribution in [-0.2, 0) is 13.1 Å². The number of guanidine groups is 1. The summed E-state index contributed by atoms with van der Waals surface area (Å²) in [7, 11) is 0. The van der Waals surface area contributed by atoms with Gasteiger partial charge in [-0.05, 0) is 45.0 Å². The summed E-state index contributed by atoms with van der Waals surface area (Å²) in [5.41, 5.74) is 8.34. The van der Waals surface area contributed by atoms with Crippen molar-refractivity contribution in [2.75, 3.05) is 13.1 Å². The summed E-state index contributed by atoms with van der Waals surface area (Å²) in [6.07, 6.45) is 0. The Bertz CT molecular complexity index is 445. The molecule has 0 aliphatic rings. The molecule has 0 aliphatic carbocycles. The lowest BCUT2D eigenvalue weighted by molar-refractivity contribution is 0.296. The van der Waals surface area contributed by atoms with Crippen LogP contribution in [-0.4, -0.2) is 29.5 Å². The van der Waals surface area contributed by atoms with E-state index in [1.54, 1.807) is 0 Å². The fraction of sp³-hybridized carbons (Fsp3) is 0.588. The molecule has 1 aromatic carbocycles. The normalized spacial score (nSPS) is 12.2. The molecule has 3 N–H and O–H groups in total. The number of nitrogens with two attached hydrogens (primary N) is 1. The van der Waals surface area contributed by atoms with Crippen LogP contribution in [0.5, 0.6) is 0 Å². The van der Waals surface area contributed by atoms with E-state index in [-0.39, 0.29) is 29.5 Å². The standard InChI is InChI=1S/C17H30N4.HI/c1-6-21(7-2)13-15-10-8-14(9-11-15)12-19-16(18)20-17(3,4)5;/h8-11H,6-7,12-13H2,1-5H3,(H3,18,19,20);1H. The van der Waals surface area contributed by atoms with Crippen LogP contribution in [0.4, 0.5) is 0 Å². The zero-order valence-corrected chi connectivity index (χ0v) is 16.8. The maximum absolute atomic E-state index is 5.87. The number of nitrogens with one attached hydrogen (secondary N) is 1. The molecule has 0 spiro atoms. The van der Waals surface area contributed by atoms with Gasteiger partial charge in [0.2, 0.25) is 0 Å². The molecule has 0 saturated carbocycles. The van der Waals surface area contributed by atoms with Crippen LogP contribution < -0.4 is 11.1 Å². The first kappa shape index (κ1) is 21.2. The smallest absolute Gasteiger partial charge is 0.189 e. The van der Waals surface area contributed by atoms with Gasteiger partial charge in [-0.15, -0.1) is 24.0 Å². The molecular formula is C17H31IN4. The lowest BCUT2D eigenvalue weighted by atomic mass is 10.1. The van der Waals surface area contributed by atoms with Gasteiger partial charge < -0.3 is 11.1 Å². The van der Waals surface area contributed by atoms with Crippen molar-refractivity contribution in [2.24, 2.45) is 10.7 Å². The topological polar surface area (TPSA) is 53.6 Å². The summed E-state index contributed by atoms with van der Waals surface area (Å²) >= 11 is 0. The number of aliphatic imine (C=N–C) groups is 1. The van der Waals surface area contributed by atoms with E-state index in [4.69, 9.17) is 5.73 Å². The van der Waals surface area contributed by atoms with Crippen molar-refractivity contribution in [1.29, 1.82) is 0 Å². The van der Waals surface area contributed by atoms with E-state index in [1.165, 1.54) is 11.1 Å². The summed E-state index contributed by atoms with van der Waals surface area (Å²) < 4.78 is 0. The van der Waals surface area contributed by atoms with E-state index in [0.29, 0.717) is 12.5 Å². The predicted molar refractivity (Wildman–Crippen MR) is 107 cm³/mol. The van der Waals surface area contributed by atoms with Crippen molar-refractivity contribution in [3.63, 3.8) is 0 Å². The average Bonchev–Trinajstić information content (AvgIpc) is 2.42. The first-order chi connectivity index (χ1) is 9.84. The molecule has 1 aromatic rings. The molecule has 0 unspecified atom stereocenters. The van der Waals surface area contributed by atoms with Crippen molar-refractivity contribution in [3.8, 4) is 0 Å². The Balaban J connectivity index is 0.00000441. The molecule has 0 heterocycles. The fourth-order valence-corrected chi connectivity index (χ4v) is 2.06. The lowest BCUT2D eigenvalue weighted by Crippen LogP contribution is -2.44. The highest BCUT2D eigenvalue weighted by Gasteiger charge is 2.09. The Kier molecular flexibility index (Phi) is 9.67. The van der Waals surface area contributed by atoms with Crippen LogP contribution >= 0.6 is 24.0 Å². The SMILES string of the molecule is CCN(CC)Cc1ccc(CN=C(N)NC(C)(C)C)cc1.I. The molecule has 4 nitrogen and oxygen atoms in total.